The van der Waals surface area contributed by atoms with Crippen LogP contribution in [-0.4, -0.2) is 41.1 Å². The van der Waals surface area contributed by atoms with E-state index in [1.165, 1.54) is 17.7 Å². The van der Waals surface area contributed by atoms with Gasteiger partial charge >= 0.3 is 12.0 Å². The van der Waals surface area contributed by atoms with Gasteiger partial charge in [0, 0.05) is 13.1 Å². The molecule has 5 nitrogen and oxygen atoms in total. The van der Waals surface area contributed by atoms with Crippen LogP contribution in [0.4, 0.5) is 4.79 Å². The minimum atomic E-state index is -0.877. The average Bonchev–Trinajstić information content (AvgIpc) is 3.24. The number of carbonyl (C=O) groups is 2. The van der Waals surface area contributed by atoms with E-state index in [1.807, 2.05) is 0 Å². The van der Waals surface area contributed by atoms with Crippen LogP contribution in [0, 0.1) is 11.3 Å². The van der Waals surface area contributed by atoms with Gasteiger partial charge in [0.25, 0.3) is 0 Å². The average molecular weight is 296 g/mol. The molecule has 2 aliphatic rings. The summed E-state index contributed by atoms with van der Waals surface area (Å²) in [7, 11) is 0. The predicted octanol–water partition coefficient (Wildman–Crippen LogP) is 2.85. The molecular weight excluding hydrogens is 268 g/mol. The van der Waals surface area contributed by atoms with E-state index in [9.17, 15) is 14.7 Å². The smallest absolute Gasteiger partial charge is 0.326 e. The fourth-order valence-electron chi connectivity index (χ4n) is 3.47. The number of urea groups is 1. The monoisotopic (exact) mass is 296 g/mol. The summed E-state index contributed by atoms with van der Waals surface area (Å²) in [5, 5.41) is 12.4. The van der Waals surface area contributed by atoms with Crippen LogP contribution < -0.4 is 5.32 Å². The summed E-state index contributed by atoms with van der Waals surface area (Å²) in [6.45, 7) is 5.50. The van der Waals surface area contributed by atoms with Crippen LogP contribution in [0.5, 0.6) is 0 Å². The molecule has 2 N–H and O–H groups in total. The second kappa shape index (κ2) is 6.67. The summed E-state index contributed by atoms with van der Waals surface area (Å²) in [5.41, 5.74) is 0.296. The van der Waals surface area contributed by atoms with E-state index in [0.29, 0.717) is 30.8 Å². The Morgan fingerprint density at radius 3 is 2.57 bits per heavy atom. The number of nitrogens with one attached hydrogen (secondary N) is 1. The van der Waals surface area contributed by atoms with Gasteiger partial charge in [0.05, 0.1) is 0 Å². The number of carboxylic acid groups (broad SMARTS) is 1. The topological polar surface area (TPSA) is 69.6 Å². The number of hydrogen-bond acceptors (Lipinski definition) is 2. The molecule has 2 unspecified atom stereocenters. The van der Waals surface area contributed by atoms with E-state index in [-0.39, 0.29) is 6.03 Å². The minimum Gasteiger partial charge on any atom is -0.480 e. The lowest BCUT2D eigenvalue weighted by Gasteiger charge is -2.37. The third-order valence-corrected chi connectivity index (χ3v) is 5.19. The maximum absolute atomic E-state index is 12.3. The Morgan fingerprint density at radius 2 is 2.05 bits per heavy atom. The molecule has 0 aromatic carbocycles. The van der Waals surface area contributed by atoms with Gasteiger partial charge in [-0.1, -0.05) is 26.7 Å². The molecule has 0 bridgehead atoms. The largest absolute Gasteiger partial charge is 0.480 e. The molecule has 1 saturated carbocycles. The number of aliphatic carboxylic acids is 1. The van der Waals surface area contributed by atoms with Crippen LogP contribution in [0.1, 0.15) is 58.8 Å². The highest BCUT2D eigenvalue weighted by molar-refractivity contribution is 5.83. The summed E-state index contributed by atoms with van der Waals surface area (Å²) < 4.78 is 0. The quantitative estimate of drug-likeness (QED) is 0.792. The Morgan fingerprint density at radius 1 is 1.33 bits per heavy atom. The minimum absolute atomic E-state index is 0.195. The SMILES string of the molecule is CCCC1(CNC(=O)N2CCC(CC)CC2C(=O)O)CC1. The van der Waals surface area contributed by atoms with Crippen molar-refractivity contribution in [3.63, 3.8) is 0 Å². The highest BCUT2D eigenvalue weighted by atomic mass is 16.4. The molecule has 1 heterocycles. The maximum atomic E-state index is 12.3. The van der Waals surface area contributed by atoms with Crippen molar-refractivity contribution in [3.8, 4) is 0 Å². The van der Waals surface area contributed by atoms with E-state index in [0.717, 1.165) is 25.7 Å². The summed E-state index contributed by atoms with van der Waals surface area (Å²) in [6.07, 6.45) is 7.12. The fourth-order valence-corrected chi connectivity index (χ4v) is 3.47. The molecule has 1 aliphatic heterocycles. The normalized spacial score (nSPS) is 27.2. The summed E-state index contributed by atoms with van der Waals surface area (Å²) in [5.74, 6) is -0.456. The van der Waals surface area contributed by atoms with Crippen molar-refractivity contribution < 1.29 is 14.7 Å². The van der Waals surface area contributed by atoms with Crippen molar-refractivity contribution in [1.82, 2.24) is 10.2 Å². The molecule has 5 heteroatoms. The van der Waals surface area contributed by atoms with Crippen LogP contribution >= 0.6 is 0 Å². The van der Waals surface area contributed by atoms with Gasteiger partial charge < -0.3 is 15.3 Å². The van der Waals surface area contributed by atoms with Crippen molar-refractivity contribution >= 4 is 12.0 Å². The third kappa shape index (κ3) is 3.89. The van der Waals surface area contributed by atoms with Crippen molar-refractivity contribution in [1.29, 1.82) is 0 Å². The molecule has 21 heavy (non-hydrogen) atoms. The van der Waals surface area contributed by atoms with Crippen LogP contribution in [0.3, 0.4) is 0 Å². The number of nitrogens with zero attached hydrogens (tertiary/aromatic N) is 1. The molecule has 0 aromatic rings. The Balaban J connectivity index is 1.89. The van der Waals surface area contributed by atoms with Gasteiger partial charge in [-0.2, -0.15) is 0 Å². The van der Waals surface area contributed by atoms with E-state index in [1.54, 1.807) is 0 Å². The van der Waals surface area contributed by atoms with Gasteiger partial charge in [-0.3, -0.25) is 0 Å². The first-order valence-electron chi connectivity index (χ1n) is 8.28. The molecule has 0 spiro atoms. The first-order valence-corrected chi connectivity index (χ1v) is 8.28. The van der Waals surface area contributed by atoms with Gasteiger partial charge in [-0.25, -0.2) is 9.59 Å². The van der Waals surface area contributed by atoms with Gasteiger partial charge in [-0.15, -0.1) is 0 Å². The van der Waals surface area contributed by atoms with Gasteiger partial charge in [0.2, 0.25) is 0 Å². The van der Waals surface area contributed by atoms with Gasteiger partial charge in [0.15, 0.2) is 0 Å². The van der Waals surface area contributed by atoms with Gasteiger partial charge in [0.1, 0.15) is 6.04 Å². The molecule has 2 fully saturated rings. The zero-order valence-corrected chi connectivity index (χ0v) is 13.2. The molecule has 2 rings (SSSR count). The third-order valence-electron chi connectivity index (χ3n) is 5.19. The number of amides is 2. The van der Waals surface area contributed by atoms with Crippen LogP contribution in [0.15, 0.2) is 0 Å². The van der Waals surface area contributed by atoms with Crippen molar-refractivity contribution in [3.05, 3.63) is 0 Å². The Labute approximate surface area is 127 Å². The Bertz CT molecular complexity index is 393. The van der Waals surface area contributed by atoms with E-state index in [4.69, 9.17) is 0 Å². The molecular formula is C16H28N2O3. The predicted molar refractivity (Wildman–Crippen MR) is 81.1 cm³/mol. The van der Waals surface area contributed by atoms with Crippen LogP contribution in [-0.2, 0) is 4.79 Å². The van der Waals surface area contributed by atoms with Crippen LogP contribution in [0.25, 0.3) is 0 Å². The number of likely N-dealkylation sites (tertiary alicyclic amines) is 1. The molecule has 2 atom stereocenters. The number of carboxylic acids is 1. The van der Waals surface area contributed by atoms with Crippen molar-refractivity contribution in [2.75, 3.05) is 13.1 Å². The molecule has 1 aliphatic carbocycles. The lowest BCUT2D eigenvalue weighted by atomic mass is 9.89. The standard InChI is InChI=1S/C16H28N2O3/c1-3-6-16(7-8-16)11-17-15(21)18-9-5-12(4-2)10-13(18)14(19)20/h12-13H,3-11H2,1-2H3,(H,17,21)(H,19,20). The highest BCUT2D eigenvalue weighted by Gasteiger charge is 2.42. The Kier molecular flexibility index (Phi) is 5.12. The first-order chi connectivity index (χ1) is 10.0. The van der Waals surface area contributed by atoms with E-state index < -0.39 is 12.0 Å². The zero-order chi connectivity index (χ0) is 15.5. The second-order valence-corrected chi connectivity index (χ2v) is 6.75. The lowest BCUT2D eigenvalue weighted by Crippen LogP contribution is -2.54. The highest BCUT2D eigenvalue weighted by Crippen LogP contribution is 2.48. The maximum Gasteiger partial charge on any atom is 0.326 e. The molecule has 2 amide bonds. The van der Waals surface area contributed by atoms with E-state index in [2.05, 4.69) is 19.2 Å². The zero-order valence-electron chi connectivity index (χ0n) is 13.2. The van der Waals surface area contributed by atoms with Gasteiger partial charge in [-0.05, 0) is 43.4 Å². The molecule has 0 radical (unpaired) electrons. The lowest BCUT2D eigenvalue weighted by molar-refractivity contribution is -0.144. The Hall–Kier alpha value is -1.26. The second-order valence-electron chi connectivity index (χ2n) is 6.75. The summed E-state index contributed by atoms with van der Waals surface area (Å²) >= 11 is 0. The summed E-state index contributed by atoms with van der Waals surface area (Å²) in [6, 6.07) is -0.857. The fraction of sp³-hybridized carbons (Fsp3) is 0.875. The van der Waals surface area contributed by atoms with Crippen molar-refractivity contribution in [2.45, 2.75) is 64.8 Å². The van der Waals surface area contributed by atoms with Crippen LogP contribution in [0.2, 0.25) is 0 Å². The molecule has 1 saturated heterocycles. The number of hydrogen-bond donors (Lipinski definition) is 2. The number of carbonyl (C=O) groups excluding carboxylic acids is 1. The number of piperidine rings is 1. The van der Waals surface area contributed by atoms with E-state index >= 15 is 0 Å². The first kappa shape index (κ1) is 16.1. The molecule has 0 aromatic heterocycles. The summed E-state index contributed by atoms with van der Waals surface area (Å²) in [4.78, 5) is 25.3. The van der Waals surface area contributed by atoms with Crippen molar-refractivity contribution in [2.24, 2.45) is 11.3 Å². The molecule has 120 valence electrons. The number of rotatable bonds is 6.